The van der Waals surface area contributed by atoms with Crippen LogP contribution >= 0.6 is 11.6 Å². The van der Waals surface area contributed by atoms with Gasteiger partial charge in [0.2, 0.25) is 0 Å². The Bertz CT molecular complexity index is 414. The van der Waals surface area contributed by atoms with Crippen molar-refractivity contribution in [3.8, 4) is 0 Å². The van der Waals surface area contributed by atoms with Gasteiger partial charge in [-0.15, -0.1) is 0 Å². The first-order valence-electron chi connectivity index (χ1n) is 5.60. The summed E-state index contributed by atoms with van der Waals surface area (Å²) >= 11 is 6.06. The Balaban J connectivity index is 2.39. The summed E-state index contributed by atoms with van der Waals surface area (Å²) in [6.45, 7) is 2.01. The van der Waals surface area contributed by atoms with Crippen LogP contribution in [0.2, 0.25) is 5.15 Å². The van der Waals surface area contributed by atoms with E-state index in [1.165, 1.54) is 0 Å². The third kappa shape index (κ3) is 1.94. The Labute approximate surface area is 99.2 Å². The molecule has 0 amide bonds. The Hall–Kier alpha value is -1.03. The van der Waals surface area contributed by atoms with Crippen molar-refractivity contribution in [3.05, 3.63) is 16.7 Å². The van der Waals surface area contributed by atoms with E-state index in [0.717, 1.165) is 37.2 Å². The van der Waals surface area contributed by atoms with Crippen LogP contribution in [0.15, 0.2) is 0 Å². The second-order valence-corrected chi connectivity index (χ2v) is 4.49. The quantitative estimate of drug-likeness (QED) is 0.886. The van der Waals surface area contributed by atoms with Gasteiger partial charge in [-0.05, 0) is 19.3 Å². The third-order valence-corrected chi connectivity index (χ3v) is 3.38. The van der Waals surface area contributed by atoms with Crippen LogP contribution in [0.25, 0.3) is 0 Å². The Kier molecular flexibility index (Phi) is 3.19. The molecule has 0 bridgehead atoms. The molecule has 5 heteroatoms. The maximum absolute atomic E-state index is 10.8. The van der Waals surface area contributed by atoms with Gasteiger partial charge in [0.1, 0.15) is 5.82 Å². The number of carboxylic acids is 1. The van der Waals surface area contributed by atoms with Crippen molar-refractivity contribution in [2.75, 3.05) is 0 Å². The fourth-order valence-corrected chi connectivity index (χ4v) is 2.70. The minimum atomic E-state index is -0.760. The Morgan fingerprint density at radius 3 is 3.06 bits per heavy atom. The van der Waals surface area contributed by atoms with Crippen molar-refractivity contribution in [2.24, 2.45) is 0 Å². The SMILES string of the molecule is CCc1nc(Cl)c2n1C(CC(=O)O)CCC2. The fourth-order valence-electron chi connectivity index (χ4n) is 2.42. The lowest BCUT2D eigenvalue weighted by molar-refractivity contribution is -0.138. The first kappa shape index (κ1) is 11.5. The maximum Gasteiger partial charge on any atom is 0.305 e. The highest BCUT2D eigenvalue weighted by atomic mass is 35.5. The van der Waals surface area contributed by atoms with Crippen LogP contribution in [-0.2, 0) is 17.6 Å². The van der Waals surface area contributed by atoms with Gasteiger partial charge < -0.3 is 9.67 Å². The molecule has 88 valence electrons. The van der Waals surface area contributed by atoms with Crippen molar-refractivity contribution in [2.45, 2.75) is 45.1 Å². The second-order valence-electron chi connectivity index (χ2n) is 4.13. The molecule has 1 atom stereocenters. The van der Waals surface area contributed by atoms with Crippen LogP contribution in [0.5, 0.6) is 0 Å². The number of carboxylic acid groups (broad SMARTS) is 1. The molecule has 0 spiro atoms. The third-order valence-electron chi connectivity index (χ3n) is 3.08. The van der Waals surface area contributed by atoms with Crippen LogP contribution in [0.1, 0.15) is 43.7 Å². The summed E-state index contributed by atoms with van der Waals surface area (Å²) in [6, 6.07) is 0.0243. The number of hydrogen-bond donors (Lipinski definition) is 1. The van der Waals surface area contributed by atoms with Crippen LogP contribution in [0.3, 0.4) is 0 Å². The minimum absolute atomic E-state index is 0.0243. The number of aliphatic carboxylic acids is 1. The minimum Gasteiger partial charge on any atom is -0.481 e. The number of aryl methyl sites for hydroxylation is 1. The van der Waals surface area contributed by atoms with Gasteiger partial charge in [0.15, 0.2) is 5.15 Å². The highest BCUT2D eigenvalue weighted by Gasteiger charge is 2.26. The van der Waals surface area contributed by atoms with E-state index >= 15 is 0 Å². The zero-order valence-corrected chi connectivity index (χ0v) is 10.00. The van der Waals surface area contributed by atoms with Gasteiger partial charge >= 0.3 is 5.97 Å². The number of rotatable bonds is 3. The molecule has 2 heterocycles. The number of imidazole rings is 1. The summed E-state index contributed by atoms with van der Waals surface area (Å²) in [5, 5.41) is 9.44. The first-order valence-corrected chi connectivity index (χ1v) is 5.98. The normalized spacial score (nSPS) is 19.5. The zero-order valence-electron chi connectivity index (χ0n) is 9.24. The highest BCUT2D eigenvalue weighted by Crippen LogP contribution is 2.33. The molecule has 0 fully saturated rings. The van der Waals surface area contributed by atoms with Crippen LogP contribution in [0, 0.1) is 0 Å². The summed E-state index contributed by atoms with van der Waals surface area (Å²) in [4.78, 5) is 15.1. The number of carbonyl (C=O) groups is 1. The molecule has 1 aliphatic rings. The lowest BCUT2D eigenvalue weighted by Crippen LogP contribution is -2.22. The number of fused-ring (bicyclic) bond motifs is 1. The fraction of sp³-hybridized carbons (Fsp3) is 0.636. The van der Waals surface area contributed by atoms with E-state index in [9.17, 15) is 4.79 Å². The standard InChI is InChI=1S/C11H15ClN2O2/c1-2-9-13-11(12)8-5-3-4-7(14(8)9)6-10(15)16/h7H,2-6H2,1H3,(H,15,16). The molecule has 0 saturated carbocycles. The van der Waals surface area contributed by atoms with E-state index < -0.39 is 5.97 Å². The summed E-state index contributed by atoms with van der Waals surface area (Å²) in [5.41, 5.74) is 1.01. The topological polar surface area (TPSA) is 55.1 Å². The van der Waals surface area contributed by atoms with E-state index in [2.05, 4.69) is 4.98 Å². The molecule has 0 radical (unpaired) electrons. The first-order chi connectivity index (χ1) is 7.63. The van der Waals surface area contributed by atoms with Gasteiger partial charge in [0.05, 0.1) is 12.1 Å². The molecule has 1 unspecified atom stereocenters. The molecule has 1 aromatic heterocycles. The van der Waals surface area contributed by atoms with Crippen LogP contribution in [0.4, 0.5) is 0 Å². The van der Waals surface area contributed by atoms with Gasteiger partial charge in [0, 0.05) is 12.5 Å². The smallest absolute Gasteiger partial charge is 0.305 e. The van der Waals surface area contributed by atoms with Gasteiger partial charge in [-0.2, -0.15) is 0 Å². The van der Waals surface area contributed by atoms with Gasteiger partial charge in [0.25, 0.3) is 0 Å². The number of aromatic nitrogens is 2. The molecule has 1 aliphatic heterocycles. The van der Waals surface area contributed by atoms with E-state index in [0.29, 0.717) is 5.15 Å². The largest absolute Gasteiger partial charge is 0.481 e. The van der Waals surface area contributed by atoms with Crippen molar-refractivity contribution in [1.29, 1.82) is 0 Å². The van der Waals surface area contributed by atoms with Crippen molar-refractivity contribution in [1.82, 2.24) is 9.55 Å². The van der Waals surface area contributed by atoms with Gasteiger partial charge in [-0.3, -0.25) is 4.79 Å². The average Bonchev–Trinajstić information content (AvgIpc) is 2.56. The van der Waals surface area contributed by atoms with E-state index in [1.54, 1.807) is 0 Å². The summed E-state index contributed by atoms with van der Waals surface area (Å²) in [6.07, 6.45) is 3.75. The van der Waals surface area contributed by atoms with Gasteiger partial charge in [-0.25, -0.2) is 4.98 Å². The molecular formula is C11H15ClN2O2. The van der Waals surface area contributed by atoms with Crippen LogP contribution < -0.4 is 0 Å². The summed E-state index contributed by atoms with van der Waals surface area (Å²) in [5.74, 6) is 0.149. The number of nitrogens with zero attached hydrogens (tertiary/aromatic N) is 2. The summed E-state index contributed by atoms with van der Waals surface area (Å²) < 4.78 is 2.04. The molecular weight excluding hydrogens is 228 g/mol. The molecule has 1 N–H and O–H groups in total. The van der Waals surface area contributed by atoms with Crippen molar-refractivity contribution >= 4 is 17.6 Å². The van der Waals surface area contributed by atoms with E-state index in [-0.39, 0.29) is 12.5 Å². The average molecular weight is 243 g/mol. The molecule has 4 nitrogen and oxygen atoms in total. The lowest BCUT2D eigenvalue weighted by atomic mass is 10.00. The number of hydrogen-bond acceptors (Lipinski definition) is 2. The molecule has 0 saturated heterocycles. The second kappa shape index (κ2) is 4.45. The highest BCUT2D eigenvalue weighted by molar-refractivity contribution is 6.30. The molecule has 1 aromatic rings. The molecule has 16 heavy (non-hydrogen) atoms. The zero-order chi connectivity index (χ0) is 11.7. The predicted octanol–water partition coefficient (Wildman–Crippen LogP) is 2.45. The molecule has 2 rings (SSSR count). The monoisotopic (exact) mass is 242 g/mol. The Morgan fingerprint density at radius 1 is 1.69 bits per heavy atom. The lowest BCUT2D eigenvalue weighted by Gasteiger charge is -2.26. The van der Waals surface area contributed by atoms with Crippen molar-refractivity contribution in [3.63, 3.8) is 0 Å². The van der Waals surface area contributed by atoms with Crippen LogP contribution in [-0.4, -0.2) is 20.6 Å². The molecule has 0 aliphatic carbocycles. The van der Waals surface area contributed by atoms with E-state index in [1.807, 2.05) is 11.5 Å². The number of halogens is 1. The maximum atomic E-state index is 10.8. The van der Waals surface area contributed by atoms with E-state index in [4.69, 9.17) is 16.7 Å². The van der Waals surface area contributed by atoms with Gasteiger partial charge in [-0.1, -0.05) is 18.5 Å². The molecule has 0 aromatic carbocycles. The Morgan fingerprint density at radius 2 is 2.44 bits per heavy atom. The van der Waals surface area contributed by atoms with Crippen molar-refractivity contribution < 1.29 is 9.90 Å². The summed E-state index contributed by atoms with van der Waals surface area (Å²) in [7, 11) is 0. The predicted molar refractivity (Wildman–Crippen MR) is 60.8 cm³/mol.